The summed E-state index contributed by atoms with van der Waals surface area (Å²) in [5.41, 5.74) is 7.63. The van der Waals surface area contributed by atoms with Crippen molar-refractivity contribution in [1.82, 2.24) is 0 Å². The highest BCUT2D eigenvalue weighted by molar-refractivity contribution is 5.86. The fourth-order valence-electron chi connectivity index (χ4n) is 4.45. The lowest BCUT2D eigenvalue weighted by Gasteiger charge is -2.40. The van der Waals surface area contributed by atoms with Crippen LogP contribution in [0, 0.1) is 0 Å². The molecule has 0 atom stereocenters. The first-order valence-electron chi connectivity index (χ1n) is 8.19. The predicted octanol–water partition coefficient (Wildman–Crippen LogP) is 5.81. The molecule has 0 N–H and O–H groups in total. The maximum Gasteiger partial charge on any atom is 0.0214 e. The Morgan fingerprint density at radius 1 is 0.762 bits per heavy atom. The Hall–Kier alpha value is -1.82. The van der Waals surface area contributed by atoms with Crippen LogP contribution in [0.5, 0.6) is 0 Å². The average molecular weight is 274 g/mol. The number of hydrogen-bond acceptors (Lipinski definition) is 0. The van der Waals surface area contributed by atoms with Gasteiger partial charge in [0, 0.05) is 5.41 Å². The number of allylic oxidation sites excluding steroid dienone is 1. The van der Waals surface area contributed by atoms with E-state index in [0.717, 1.165) is 0 Å². The van der Waals surface area contributed by atoms with E-state index in [-0.39, 0.29) is 5.41 Å². The maximum absolute atomic E-state index is 2.39. The van der Waals surface area contributed by atoms with Crippen LogP contribution in [0.3, 0.4) is 0 Å². The van der Waals surface area contributed by atoms with Crippen LogP contribution in [0.4, 0.5) is 0 Å². The molecular weight excluding hydrogens is 252 g/mol. The van der Waals surface area contributed by atoms with Crippen molar-refractivity contribution < 1.29 is 0 Å². The van der Waals surface area contributed by atoms with Gasteiger partial charge in [-0.05, 0) is 47.6 Å². The highest BCUT2D eigenvalue weighted by Crippen LogP contribution is 2.50. The Balaban J connectivity index is 2.06. The predicted molar refractivity (Wildman–Crippen MR) is 90.3 cm³/mol. The van der Waals surface area contributed by atoms with E-state index >= 15 is 0 Å². The van der Waals surface area contributed by atoms with E-state index < -0.39 is 0 Å². The van der Waals surface area contributed by atoms with Gasteiger partial charge in [-0.2, -0.15) is 0 Å². The lowest BCUT2D eigenvalue weighted by molar-refractivity contribution is 0.345. The molecule has 0 aliphatic heterocycles. The van der Waals surface area contributed by atoms with Crippen molar-refractivity contribution >= 4 is 11.6 Å². The van der Waals surface area contributed by atoms with Crippen molar-refractivity contribution in [2.75, 3.05) is 0 Å². The largest absolute Gasteiger partial charge is 0.0619 e. The second-order valence-corrected chi connectivity index (χ2v) is 6.60. The number of rotatable bonds is 0. The van der Waals surface area contributed by atoms with Gasteiger partial charge in [0.2, 0.25) is 0 Å². The molecule has 0 amide bonds. The molecule has 0 radical (unpaired) electrons. The summed E-state index contributed by atoms with van der Waals surface area (Å²) in [6, 6.07) is 18.1. The highest BCUT2D eigenvalue weighted by Gasteiger charge is 2.39. The molecule has 2 aliphatic rings. The van der Waals surface area contributed by atoms with Gasteiger partial charge < -0.3 is 0 Å². The van der Waals surface area contributed by atoms with E-state index in [2.05, 4.69) is 61.5 Å². The molecule has 1 spiro atoms. The SMILES string of the molecule is CC1=Cc2ccccc2C2(CCCCC2)c2ccccc21. The number of hydrogen-bond donors (Lipinski definition) is 0. The fraction of sp³-hybridized carbons (Fsp3) is 0.333. The molecule has 2 aromatic carbocycles. The van der Waals surface area contributed by atoms with Crippen LogP contribution in [0.2, 0.25) is 0 Å². The van der Waals surface area contributed by atoms with Crippen LogP contribution < -0.4 is 0 Å². The zero-order chi connectivity index (χ0) is 14.3. The highest BCUT2D eigenvalue weighted by atomic mass is 14.4. The Morgan fingerprint density at radius 3 is 2.24 bits per heavy atom. The maximum atomic E-state index is 2.39. The number of fused-ring (bicyclic) bond motifs is 4. The minimum Gasteiger partial charge on any atom is -0.0619 e. The van der Waals surface area contributed by atoms with Gasteiger partial charge in [0.05, 0.1) is 0 Å². The molecular formula is C21H22. The fourth-order valence-corrected chi connectivity index (χ4v) is 4.45. The smallest absolute Gasteiger partial charge is 0.0214 e. The van der Waals surface area contributed by atoms with Crippen molar-refractivity contribution in [1.29, 1.82) is 0 Å². The quantitative estimate of drug-likeness (QED) is 0.568. The first-order chi connectivity index (χ1) is 10.3. The summed E-state index contributed by atoms with van der Waals surface area (Å²) in [5, 5.41) is 0. The molecule has 0 aromatic heterocycles. The van der Waals surface area contributed by atoms with Gasteiger partial charge in [0.1, 0.15) is 0 Å². The van der Waals surface area contributed by atoms with Crippen LogP contribution in [-0.4, -0.2) is 0 Å². The van der Waals surface area contributed by atoms with E-state index in [1.165, 1.54) is 48.8 Å². The summed E-state index contributed by atoms with van der Waals surface area (Å²) in [6.07, 6.45) is 9.06. The zero-order valence-electron chi connectivity index (χ0n) is 12.7. The minimum atomic E-state index is 0.236. The molecule has 1 fully saturated rings. The van der Waals surface area contributed by atoms with Crippen molar-refractivity contribution in [2.45, 2.75) is 44.4 Å². The van der Waals surface area contributed by atoms with Gasteiger partial charge in [0.15, 0.2) is 0 Å². The molecule has 106 valence electrons. The molecule has 0 heteroatoms. The third kappa shape index (κ3) is 1.89. The normalized spacial score (nSPS) is 19.4. The first kappa shape index (κ1) is 12.9. The summed E-state index contributed by atoms with van der Waals surface area (Å²) >= 11 is 0. The molecule has 0 bridgehead atoms. The molecule has 2 aromatic rings. The van der Waals surface area contributed by atoms with Gasteiger partial charge in [-0.3, -0.25) is 0 Å². The van der Waals surface area contributed by atoms with Gasteiger partial charge in [-0.25, -0.2) is 0 Å². The molecule has 21 heavy (non-hydrogen) atoms. The van der Waals surface area contributed by atoms with Crippen LogP contribution in [0.25, 0.3) is 11.6 Å². The summed E-state index contributed by atoms with van der Waals surface area (Å²) < 4.78 is 0. The van der Waals surface area contributed by atoms with E-state index in [1.54, 1.807) is 11.1 Å². The summed E-state index contributed by atoms with van der Waals surface area (Å²) in [5.74, 6) is 0. The zero-order valence-corrected chi connectivity index (χ0v) is 12.7. The third-order valence-corrected chi connectivity index (χ3v) is 5.42. The lowest BCUT2D eigenvalue weighted by atomic mass is 9.64. The van der Waals surface area contributed by atoms with Gasteiger partial charge in [-0.15, -0.1) is 0 Å². The minimum absolute atomic E-state index is 0.236. The van der Waals surface area contributed by atoms with Crippen molar-refractivity contribution in [2.24, 2.45) is 0 Å². The molecule has 1 saturated carbocycles. The van der Waals surface area contributed by atoms with Crippen LogP contribution in [0.1, 0.15) is 61.3 Å². The average Bonchev–Trinajstić information content (AvgIpc) is 2.64. The molecule has 0 saturated heterocycles. The number of benzene rings is 2. The molecule has 4 rings (SSSR count). The van der Waals surface area contributed by atoms with Crippen molar-refractivity contribution in [3.05, 3.63) is 70.8 Å². The summed E-state index contributed by atoms with van der Waals surface area (Å²) in [4.78, 5) is 0. The Labute approximate surface area is 127 Å². The Kier molecular flexibility index (Phi) is 2.99. The second kappa shape index (κ2) is 4.87. The topological polar surface area (TPSA) is 0 Å². The van der Waals surface area contributed by atoms with Crippen LogP contribution in [0.15, 0.2) is 48.5 Å². The monoisotopic (exact) mass is 274 g/mol. The van der Waals surface area contributed by atoms with Gasteiger partial charge in [-0.1, -0.05) is 73.9 Å². The van der Waals surface area contributed by atoms with Gasteiger partial charge in [0.25, 0.3) is 0 Å². The van der Waals surface area contributed by atoms with E-state index in [9.17, 15) is 0 Å². The lowest BCUT2D eigenvalue weighted by Crippen LogP contribution is -2.31. The summed E-state index contributed by atoms with van der Waals surface area (Å²) in [7, 11) is 0. The molecule has 2 aliphatic carbocycles. The van der Waals surface area contributed by atoms with E-state index in [1.807, 2.05) is 0 Å². The molecule has 0 heterocycles. The van der Waals surface area contributed by atoms with Crippen molar-refractivity contribution in [3.63, 3.8) is 0 Å². The Morgan fingerprint density at radius 2 is 1.43 bits per heavy atom. The van der Waals surface area contributed by atoms with Crippen molar-refractivity contribution in [3.8, 4) is 0 Å². The standard InChI is InChI=1S/C21H22/c1-16-15-17-9-3-5-11-19(17)21(13-7-2-8-14-21)20-12-6-4-10-18(16)20/h3-6,9-12,15H,2,7-8,13-14H2,1H3. The Bertz CT molecular complexity index is 699. The second-order valence-electron chi connectivity index (χ2n) is 6.60. The first-order valence-corrected chi connectivity index (χ1v) is 8.19. The van der Waals surface area contributed by atoms with E-state index in [0.29, 0.717) is 0 Å². The van der Waals surface area contributed by atoms with Crippen LogP contribution in [-0.2, 0) is 5.41 Å². The third-order valence-electron chi connectivity index (χ3n) is 5.42. The van der Waals surface area contributed by atoms with E-state index in [4.69, 9.17) is 0 Å². The molecule has 0 nitrogen and oxygen atoms in total. The van der Waals surface area contributed by atoms with Crippen LogP contribution >= 0.6 is 0 Å². The molecule has 0 unspecified atom stereocenters. The summed E-state index contributed by atoms with van der Waals surface area (Å²) in [6.45, 7) is 2.26. The van der Waals surface area contributed by atoms with Gasteiger partial charge >= 0.3 is 0 Å².